The lowest BCUT2D eigenvalue weighted by molar-refractivity contribution is -0.121. The molecule has 1 aromatic carbocycles. The molecule has 0 saturated carbocycles. The number of fused-ring (bicyclic) bond motifs is 2. The first kappa shape index (κ1) is 23.9. The lowest BCUT2D eigenvalue weighted by Crippen LogP contribution is -2.31. The van der Waals surface area contributed by atoms with Crippen LogP contribution >= 0.6 is 11.3 Å². The number of unbranched alkanes of at least 4 members (excludes halogenated alkanes) is 1. The maximum Gasteiger partial charge on any atom is 0.330 e. The van der Waals surface area contributed by atoms with Crippen LogP contribution in [0.4, 0.5) is 0 Å². The molecule has 0 aliphatic carbocycles. The Hall–Kier alpha value is -3.27. The van der Waals surface area contributed by atoms with E-state index < -0.39 is 11.2 Å². The van der Waals surface area contributed by atoms with E-state index in [2.05, 4.69) is 34.1 Å². The van der Waals surface area contributed by atoms with Gasteiger partial charge in [0.1, 0.15) is 10.8 Å². The summed E-state index contributed by atoms with van der Waals surface area (Å²) in [5, 5.41) is 3.79. The number of para-hydroxylation sites is 1. The Morgan fingerprint density at radius 3 is 2.71 bits per heavy atom. The van der Waals surface area contributed by atoms with Gasteiger partial charge in [0, 0.05) is 25.9 Å². The highest BCUT2D eigenvalue weighted by Crippen LogP contribution is 2.21. The standard InChI is InChI=1S/C24H30N6O3S/c1-4-5-12-29-22-21(23(32)28-24(29)33)30(14-15(2)3)18(27-22)10-11-19(31)25-13-20-26-16-8-6-7-9-17(16)34-20/h6-9,15H,4-5,10-14H2,1-3H3,(H,25,31)(H,28,32,33). The van der Waals surface area contributed by atoms with Crippen LogP contribution in [0, 0.1) is 5.92 Å². The number of hydrogen-bond donors (Lipinski definition) is 2. The van der Waals surface area contributed by atoms with Crippen LogP contribution in [-0.2, 0) is 30.8 Å². The van der Waals surface area contributed by atoms with E-state index in [1.54, 1.807) is 11.3 Å². The molecule has 0 radical (unpaired) electrons. The maximum atomic E-state index is 12.7. The minimum atomic E-state index is -0.444. The van der Waals surface area contributed by atoms with Gasteiger partial charge >= 0.3 is 5.69 Å². The number of hydrogen-bond acceptors (Lipinski definition) is 6. The molecule has 0 fully saturated rings. The zero-order valence-corrected chi connectivity index (χ0v) is 20.6. The van der Waals surface area contributed by atoms with Crippen LogP contribution in [0.5, 0.6) is 0 Å². The second kappa shape index (κ2) is 10.3. The number of aromatic amines is 1. The van der Waals surface area contributed by atoms with Crippen LogP contribution < -0.4 is 16.6 Å². The van der Waals surface area contributed by atoms with E-state index in [1.807, 2.05) is 35.8 Å². The van der Waals surface area contributed by atoms with Gasteiger partial charge in [-0.1, -0.05) is 39.3 Å². The number of H-pyrrole nitrogens is 1. The van der Waals surface area contributed by atoms with Crippen molar-refractivity contribution in [2.75, 3.05) is 0 Å². The summed E-state index contributed by atoms with van der Waals surface area (Å²) >= 11 is 1.56. The second-order valence-electron chi connectivity index (χ2n) is 8.82. The molecule has 4 aromatic rings. The van der Waals surface area contributed by atoms with Crippen LogP contribution in [0.3, 0.4) is 0 Å². The number of nitrogens with one attached hydrogen (secondary N) is 2. The summed E-state index contributed by atoms with van der Waals surface area (Å²) in [5.41, 5.74) is 0.841. The van der Waals surface area contributed by atoms with E-state index in [9.17, 15) is 14.4 Å². The second-order valence-corrected chi connectivity index (χ2v) is 9.94. The van der Waals surface area contributed by atoms with Gasteiger partial charge in [0.15, 0.2) is 11.2 Å². The van der Waals surface area contributed by atoms with Crippen molar-refractivity contribution in [1.82, 2.24) is 29.4 Å². The van der Waals surface area contributed by atoms with E-state index in [4.69, 9.17) is 0 Å². The van der Waals surface area contributed by atoms with Crippen molar-refractivity contribution >= 4 is 38.6 Å². The molecule has 0 spiro atoms. The van der Waals surface area contributed by atoms with Crippen LogP contribution in [0.2, 0.25) is 0 Å². The van der Waals surface area contributed by atoms with Gasteiger partial charge in [0.05, 0.1) is 16.8 Å². The fourth-order valence-electron chi connectivity index (χ4n) is 3.98. The van der Waals surface area contributed by atoms with Crippen molar-refractivity contribution in [3.05, 3.63) is 55.9 Å². The van der Waals surface area contributed by atoms with Gasteiger partial charge in [-0.25, -0.2) is 14.8 Å². The number of imidazole rings is 1. The molecule has 1 amide bonds. The van der Waals surface area contributed by atoms with E-state index >= 15 is 0 Å². The topological polar surface area (TPSA) is 115 Å². The Balaban J connectivity index is 1.53. The maximum absolute atomic E-state index is 12.7. The Labute approximate surface area is 200 Å². The smallest absolute Gasteiger partial charge is 0.330 e. The molecular formula is C24H30N6O3S. The monoisotopic (exact) mass is 482 g/mol. The summed E-state index contributed by atoms with van der Waals surface area (Å²) in [4.78, 5) is 49.4. The van der Waals surface area contributed by atoms with Gasteiger partial charge in [-0.3, -0.25) is 19.1 Å². The van der Waals surface area contributed by atoms with E-state index in [0.717, 1.165) is 28.1 Å². The molecule has 0 unspecified atom stereocenters. The lowest BCUT2D eigenvalue weighted by Gasteiger charge is -2.11. The van der Waals surface area contributed by atoms with Crippen LogP contribution in [0.1, 0.15) is 50.9 Å². The molecule has 3 aromatic heterocycles. The molecule has 180 valence electrons. The number of carbonyl (C=O) groups is 1. The predicted molar refractivity (Wildman–Crippen MR) is 134 cm³/mol. The van der Waals surface area contributed by atoms with E-state index in [-0.39, 0.29) is 18.2 Å². The Kier molecular flexibility index (Phi) is 7.26. The van der Waals surface area contributed by atoms with Crippen molar-refractivity contribution < 1.29 is 4.79 Å². The first-order chi connectivity index (χ1) is 16.4. The molecule has 0 aliphatic rings. The quantitative estimate of drug-likeness (QED) is 0.360. The van der Waals surface area contributed by atoms with Gasteiger partial charge in [-0.05, 0) is 24.5 Å². The zero-order chi connectivity index (χ0) is 24.2. The highest BCUT2D eigenvalue weighted by atomic mass is 32.1. The number of thiazole rings is 1. The van der Waals surface area contributed by atoms with Crippen LogP contribution in [-0.4, -0.2) is 30.0 Å². The Morgan fingerprint density at radius 1 is 1.18 bits per heavy atom. The van der Waals surface area contributed by atoms with Crippen molar-refractivity contribution in [3.63, 3.8) is 0 Å². The molecule has 34 heavy (non-hydrogen) atoms. The summed E-state index contributed by atoms with van der Waals surface area (Å²) < 4.78 is 4.49. The highest BCUT2D eigenvalue weighted by molar-refractivity contribution is 7.18. The predicted octanol–water partition coefficient (Wildman–Crippen LogP) is 3.20. The van der Waals surface area contributed by atoms with E-state index in [0.29, 0.717) is 43.0 Å². The molecule has 0 atom stereocenters. The number of rotatable bonds is 10. The molecule has 2 N–H and O–H groups in total. The van der Waals surface area contributed by atoms with Gasteiger partial charge in [-0.15, -0.1) is 11.3 Å². The molecule has 0 bridgehead atoms. The highest BCUT2D eigenvalue weighted by Gasteiger charge is 2.20. The van der Waals surface area contributed by atoms with Crippen LogP contribution in [0.15, 0.2) is 33.9 Å². The fraction of sp³-hybridized carbons (Fsp3) is 0.458. The molecule has 0 saturated heterocycles. The number of carbonyl (C=O) groups excluding carboxylic acids is 1. The first-order valence-electron chi connectivity index (χ1n) is 11.7. The fourth-order valence-corrected chi connectivity index (χ4v) is 4.88. The number of nitrogens with zero attached hydrogens (tertiary/aromatic N) is 4. The molecule has 4 rings (SSSR count). The first-order valence-corrected chi connectivity index (χ1v) is 12.5. The molecule has 3 heterocycles. The average molecular weight is 483 g/mol. The van der Waals surface area contributed by atoms with Gasteiger partial charge in [0.2, 0.25) is 5.91 Å². The third kappa shape index (κ3) is 5.11. The molecule has 9 nitrogen and oxygen atoms in total. The summed E-state index contributed by atoms with van der Waals surface area (Å²) in [6.07, 6.45) is 2.32. The summed E-state index contributed by atoms with van der Waals surface area (Å²) in [7, 11) is 0. The van der Waals surface area contributed by atoms with E-state index in [1.165, 1.54) is 4.57 Å². The van der Waals surface area contributed by atoms with Crippen LogP contribution in [0.25, 0.3) is 21.4 Å². The summed E-state index contributed by atoms with van der Waals surface area (Å²) in [6.45, 7) is 7.60. The van der Waals surface area contributed by atoms with Gasteiger partial charge in [0.25, 0.3) is 5.56 Å². The van der Waals surface area contributed by atoms with Crippen molar-refractivity contribution in [2.24, 2.45) is 5.92 Å². The normalized spacial score (nSPS) is 11.6. The van der Waals surface area contributed by atoms with Crippen molar-refractivity contribution in [3.8, 4) is 0 Å². The van der Waals surface area contributed by atoms with Gasteiger partial charge < -0.3 is 9.88 Å². The van der Waals surface area contributed by atoms with Crippen molar-refractivity contribution in [1.29, 1.82) is 0 Å². The third-order valence-electron chi connectivity index (χ3n) is 5.60. The zero-order valence-electron chi connectivity index (χ0n) is 19.8. The summed E-state index contributed by atoms with van der Waals surface area (Å²) in [5.74, 6) is 0.791. The number of aryl methyl sites for hydroxylation is 2. The minimum Gasteiger partial charge on any atom is -0.350 e. The molecule has 10 heteroatoms. The number of aromatic nitrogens is 5. The molecular weight excluding hydrogens is 452 g/mol. The third-order valence-corrected chi connectivity index (χ3v) is 6.63. The summed E-state index contributed by atoms with van der Waals surface area (Å²) in [6, 6.07) is 7.89. The average Bonchev–Trinajstić information content (AvgIpc) is 3.37. The van der Waals surface area contributed by atoms with Crippen molar-refractivity contribution in [2.45, 2.75) is 66.1 Å². The lowest BCUT2D eigenvalue weighted by atomic mass is 10.2. The van der Waals surface area contributed by atoms with Gasteiger partial charge in [-0.2, -0.15) is 0 Å². The Morgan fingerprint density at radius 2 is 1.97 bits per heavy atom. The largest absolute Gasteiger partial charge is 0.350 e. The Bertz CT molecular complexity index is 1400. The molecule has 0 aliphatic heterocycles. The minimum absolute atomic E-state index is 0.111. The number of benzene rings is 1. The SMILES string of the molecule is CCCCn1c(=O)[nH]c(=O)c2c1nc(CCC(=O)NCc1nc3ccccc3s1)n2CC(C)C. The number of amides is 1.